The van der Waals surface area contributed by atoms with E-state index in [1.165, 1.54) is 0 Å². The SMILES string of the molecule is C=C(C)C(O)c1cc(F)ccc1F. The summed E-state index contributed by atoms with van der Waals surface area (Å²) in [4.78, 5) is 0. The Hall–Kier alpha value is -1.22. The lowest BCUT2D eigenvalue weighted by atomic mass is 10.0. The topological polar surface area (TPSA) is 20.2 Å². The van der Waals surface area contributed by atoms with E-state index in [2.05, 4.69) is 6.58 Å². The molecular weight excluding hydrogens is 174 g/mol. The lowest BCUT2D eigenvalue weighted by Crippen LogP contribution is -2.01. The van der Waals surface area contributed by atoms with Crippen molar-refractivity contribution in [3.05, 3.63) is 47.5 Å². The first-order valence-electron chi connectivity index (χ1n) is 3.81. The van der Waals surface area contributed by atoms with Crippen molar-refractivity contribution in [2.24, 2.45) is 0 Å². The second kappa shape index (κ2) is 3.66. The van der Waals surface area contributed by atoms with Gasteiger partial charge in [-0.15, -0.1) is 0 Å². The van der Waals surface area contributed by atoms with Crippen molar-refractivity contribution in [1.29, 1.82) is 0 Å². The highest BCUT2D eigenvalue weighted by atomic mass is 19.1. The first-order chi connectivity index (χ1) is 6.02. The smallest absolute Gasteiger partial charge is 0.129 e. The minimum atomic E-state index is -1.14. The lowest BCUT2D eigenvalue weighted by molar-refractivity contribution is 0.210. The summed E-state index contributed by atoms with van der Waals surface area (Å²) in [6.07, 6.45) is -1.14. The zero-order valence-corrected chi connectivity index (χ0v) is 7.22. The van der Waals surface area contributed by atoms with Crippen LogP contribution in [0.4, 0.5) is 8.78 Å². The largest absolute Gasteiger partial charge is 0.384 e. The molecule has 0 aliphatic rings. The minimum absolute atomic E-state index is 0.0764. The van der Waals surface area contributed by atoms with E-state index in [0.29, 0.717) is 5.57 Å². The van der Waals surface area contributed by atoms with Gasteiger partial charge >= 0.3 is 0 Å². The molecule has 0 bridgehead atoms. The van der Waals surface area contributed by atoms with Gasteiger partial charge in [0.05, 0.1) is 0 Å². The Morgan fingerprint density at radius 2 is 2.08 bits per heavy atom. The number of hydrogen-bond donors (Lipinski definition) is 1. The van der Waals surface area contributed by atoms with E-state index in [0.717, 1.165) is 18.2 Å². The van der Waals surface area contributed by atoms with Crippen LogP contribution in [0.2, 0.25) is 0 Å². The molecule has 3 heteroatoms. The van der Waals surface area contributed by atoms with Crippen LogP contribution in [0.15, 0.2) is 30.4 Å². The zero-order chi connectivity index (χ0) is 10.0. The van der Waals surface area contributed by atoms with Gasteiger partial charge in [-0.3, -0.25) is 0 Å². The molecule has 13 heavy (non-hydrogen) atoms. The van der Waals surface area contributed by atoms with Gasteiger partial charge in [0, 0.05) is 5.56 Å². The van der Waals surface area contributed by atoms with Crippen LogP contribution in [0, 0.1) is 11.6 Å². The van der Waals surface area contributed by atoms with Gasteiger partial charge in [-0.25, -0.2) is 8.78 Å². The van der Waals surface area contributed by atoms with Gasteiger partial charge < -0.3 is 5.11 Å². The number of hydrogen-bond acceptors (Lipinski definition) is 1. The van der Waals surface area contributed by atoms with Crippen molar-refractivity contribution in [2.75, 3.05) is 0 Å². The van der Waals surface area contributed by atoms with Gasteiger partial charge in [0.1, 0.15) is 17.7 Å². The maximum atomic E-state index is 13.0. The average Bonchev–Trinajstić information content (AvgIpc) is 2.08. The van der Waals surface area contributed by atoms with Crippen molar-refractivity contribution < 1.29 is 13.9 Å². The van der Waals surface area contributed by atoms with Gasteiger partial charge in [-0.2, -0.15) is 0 Å². The van der Waals surface area contributed by atoms with Gasteiger partial charge in [0.2, 0.25) is 0 Å². The first-order valence-corrected chi connectivity index (χ1v) is 3.81. The summed E-state index contributed by atoms with van der Waals surface area (Å²) in [5, 5.41) is 9.40. The van der Waals surface area contributed by atoms with Crippen molar-refractivity contribution >= 4 is 0 Å². The second-order valence-electron chi connectivity index (χ2n) is 2.91. The summed E-state index contributed by atoms with van der Waals surface area (Å²) in [6, 6.07) is 2.95. The van der Waals surface area contributed by atoms with E-state index in [4.69, 9.17) is 0 Å². The minimum Gasteiger partial charge on any atom is -0.384 e. The number of halogens is 2. The van der Waals surface area contributed by atoms with Crippen molar-refractivity contribution in [3.8, 4) is 0 Å². The third-order valence-electron chi connectivity index (χ3n) is 1.72. The third-order valence-corrected chi connectivity index (χ3v) is 1.72. The zero-order valence-electron chi connectivity index (χ0n) is 7.22. The molecule has 1 aromatic rings. The summed E-state index contributed by atoms with van der Waals surface area (Å²) < 4.78 is 25.7. The molecule has 0 aromatic heterocycles. The average molecular weight is 184 g/mol. The van der Waals surface area contributed by atoms with Gasteiger partial charge in [0.25, 0.3) is 0 Å². The summed E-state index contributed by atoms with van der Waals surface area (Å²) in [5.41, 5.74) is 0.303. The predicted octanol–water partition coefficient (Wildman–Crippen LogP) is 2.57. The number of benzene rings is 1. The molecule has 0 aliphatic carbocycles. The third kappa shape index (κ3) is 2.12. The van der Waals surface area contributed by atoms with Gasteiger partial charge in [0.15, 0.2) is 0 Å². The lowest BCUT2D eigenvalue weighted by Gasteiger charge is -2.11. The van der Waals surface area contributed by atoms with Crippen LogP contribution in [-0.4, -0.2) is 5.11 Å². The summed E-state index contributed by atoms with van der Waals surface area (Å²) >= 11 is 0. The number of aliphatic hydroxyl groups excluding tert-OH is 1. The van der Waals surface area contributed by atoms with E-state index in [1.54, 1.807) is 6.92 Å². The molecular formula is C10H10F2O. The van der Waals surface area contributed by atoms with Crippen LogP contribution in [0.25, 0.3) is 0 Å². The molecule has 0 heterocycles. The highest BCUT2D eigenvalue weighted by Gasteiger charge is 2.13. The highest BCUT2D eigenvalue weighted by molar-refractivity contribution is 5.26. The summed E-state index contributed by atoms with van der Waals surface area (Å²) in [7, 11) is 0. The van der Waals surface area contributed by atoms with E-state index in [-0.39, 0.29) is 5.56 Å². The molecule has 1 rings (SSSR count). The molecule has 1 nitrogen and oxygen atoms in total. The quantitative estimate of drug-likeness (QED) is 0.700. The predicted molar refractivity (Wildman–Crippen MR) is 46.1 cm³/mol. The van der Waals surface area contributed by atoms with Crippen LogP contribution < -0.4 is 0 Å². The molecule has 0 aliphatic heterocycles. The van der Waals surface area contributed by atoms with Crippen molar-refractivity contribution in [1.82, 2.24) is 0 Å². The highest BCUT2D eigenvalue weighted by Crippen LogP contribution is 2.23. The Morgan fingerprint density at radius 3 is 2.62 bits per heavy atom. The van der Waals surface area contributed by atoms with Crippen LogP contribution in [0.1, 0.15) is 18.6 Å². The molecule has 1 unspecified atom stereocenters. The Balaban J connectivity index is 3.12. The second-order valence-corrected chi connectivity index (χ2v) is 2.91. The fraction of sp³-hybridized carbons (Fsp3) is 0.200. The van der Waals surface area contributed by atoms with Crippen LogP contribution in [0.5, 0.6) is 0 Å². The molecule has 0 radical (unpaired) electrons. The number of rotatable bonds is 2. The van der Waals surface area contributed by atoms with E-state index >= 15 is 0 Å². The Kier molecular flexibility index (Phi) is 2.78. The van der Waals surface area contributed by atoms with Crippen molar-refractivity contribution in [2.45, 2.75) is 13.0 Å². The molecule has 0 amide bonds. The normalized spacial score (nSPS) is 12.6. The Bertz CT molecular complexity index is 334. The molecule has 1 aromatic carbocycles. The molecule has 0 saturated carbocycles. The van der Waals surface area contributed by atoms with E-state index in [1.807, 2.05) is 0 Å². The van der Waals surface area contributed by atoms with Crippen molar-refractivity contribution in [3.63, 3.8) is 0 Å². The fourth-order valence-corrected chi connectivity index (χ4v) is 0.990. The van der Waals surface area contributed by atoms with Gasteiger partial charge in [-0.1, -0.05) is 6.58 Å². The molecule has 0 saturated heterocycles. The summed E-state index contributed by atoms with van der Waals surface area (Å²) in [5.74, 6) is -1.20. The molecule has 0 fully saturated rings. The Morgan fingerprint density at radius 1 is 1.46 bits per heavy atom. The standard InChI is InChI=1S/C10H10F2O/c1-6(2)10(13)8-5-7(11)3-4-9(8)12/h3-5,10,13H,1H2,2H3. The van der Waals surface area contributed by atoms with Gasteiger partial charge in [-0.05, 0) is 30.7 Å². The maximum Gasteiger partial charge on any atom is 0.129 e. The first kappa shape index (κ1) is 9.86. The number of aliphatic hydroxyl groups is 1. The van der Waals surface area contributed by atoms with E-state index < -0.39 is 17.7 Å². The monoisotopic (exact) mass is 184 g/mol. The Labute approximate surface area is 75.3 Å². The maximum absolute atomic E-state index is 13.0. The summed E-state index contributed by atoms with van der Waals surface area (Å²) in [6.45, 7) is 5.01. The fourth-order valence-electron chi connectivity index (χ4n) is 0.990. The van der Waals surface area contributed by atoms with Crippen LogP contribution in [-0.2, 0) is 0 Å². The van der Waals surface area contributed by atoms with E-state index in [9.17, 15) is 13.9 Å². The molecule has 70 valence electrons. The van der Waals surface area contributed by atoms with Crippen LogP contribution >= 0.6 is 0 Å². The molecule has 1 atom stereocenters. The molecule has 1 N–H and O–H groups in total. The molecule has 0 spiro atoms. The van der Waals surface area contributed by atoms with Crippen LogP contribution in [0.3, 0.4) is 0 Å².